The summed E-state index contributed by atoms with van der Waals surface area (Å²) in [5.74, 6) is 0.859. The van der Waals surface area contributed by atoms with E-state index in [0.29, 0.717) is 12.0 Å². The van der Waals surface area contributed by atoms with E-state index in [1.54, 1.807) is 0 Å². The maximum Gasteiger partial charge on any atom is 0.0448 e. The van der Waals surface area contributed by atoms with Crippen LogP contribution >= 0.6 is 0 Å². The lowest BCUT2D eigenvalue weighted by Crippen LogP contribution is -2.50. The van der Waals surface area contributed by atoms with Gasteiger partial charge in [0.25, 0.3) is 0 Å². The van der Waals surface area contributed by atoms with Crippen molar-refractivity contribution in [3.8, 4) is 0 Å². The molecule has 108 valence electrons. The Bertz CT molecular complexity index is 229. The SMILES string of the molecule is CCCNC1(CCO)CCC(C(C)(C)CC)CC1. The molecule has 0 saturated heterocycles. The molecular weight excluding hydrogens is 222 g/mol. The third kappa shape index (κ3) is 3.96. The highest BCUT2D eigenvalue weighted by Gasteiger charge is 2.38. The van der Waals surface area contributed by atoms with Gasteiger partial charge in [-0.05, 0) is 56.4 Å². The van der Waals surface area contributed by atoms with Crippen molar-refractivity contribution in [3.63, 3.8) is 0 Å². The van der Waals surface area contributed by atoms with Gasteiger partial charge in [0, 0.05) is 12.1 Å². The van der Waals surface area contributed by atoms with Gasteiger partial charge in [0.05, 0.1) is 0 Å². The molecule has 0 heterocycles. The highest BCUT2D eigenvalue weighted by molar-refractivity contribution is 4.95. The molecule has 1 aliphatic carbocycles. The van der Waals surface area contributed by atoms with Crippen LogP contribution in [-0.2, 0) is 0 Å². The first-order valence-electron chi connectivity index (χ1n) is 7.85. The minimum atomic E-state index is 0.227. The normalized spacial score (nSPS) is 29.5. The van der Waals surface area contributed by atoms with E-state index in [1.807, 2.05) is 0 Å². The van der Waals surface area contributed by atoms with Crippen LogP contribution in [0.15, 0.2) is 0 Å². The van der Waals surface area contributed by atoms with Gasteiger partial charge < -0.3 is 10.4 Å². The molecule has 0 amide bonds. The zero-order valence-corrected chi connectivity index (χ0v) is 12.9. The smallest absolute Gasteiger partial charge is 0.0448 e. The Hall–Kier alpha value is -0.0800. The molecule has 0 bridgehead atoms. The van der Waals surface area contributed by atoms with Gasteiger partial charge in [-0.2, -0.15) is 0 Å². The fourth-order valence-electron chi connectivity index (χ4n) is 3.36. The van der Waals surface area contributed by atoms with Gasteiger partial charge in [-0.1, -0.05) is 34.1 Å². The van der Waals surface area contributed by atoms with Crippen LogP contribution in [0.25, 0.3) is 0 Å². The highest BCUT2D eigenvalue weighted by Crippen LogP contribution is 2.44. The maximum absolute atomic E-state index is 9.31. The lowest BCUT2D eigenvalue weighted by atomic mass is 9.65. The van der Waals surface area contributed by atoms with Crippen molar-refractivity contribution >= 4 is 0 Å². The highest BCUT2D eigenvalue weighted by atomic mass is 16.3. The average molecular weight is 255 g/mol. The monoisotopic (exact) mass is 255 g/mol. The fourth-order valence-corrected chi connectivity index (χ4v) is 3.36. The third-order valence-corrected chi connectivity index (χ3v) is 5.30. The molecule has 2 heteroatoms. The second-order valence-electron chi connectivity index (χ2n) is 6.80. The summed E-state index contributed by atoms with van der Waals surface area (Å²) in [7, 11) is 0. The van der Waals surface area contributed by atoms with Crippen LogP contribution in [0.2, 0.25) is 0 Å². The predicted octanol–water partition coefficient (Wildman–Crippen LogP) is 3.73. The molecule has 1 aliphatic rings. The maximum atomic E-state index is 9.31. The Morgan fingerprint density at radius 3 is 2.28 bits per heavy atom. The molecule has 1 rings (SSSR count). The average Bonchev–Trinajstić information content (AvgIpc) is 2.37. The number of hydrogen-bond donors (Lipinski definition) is 2. The minimum absolute atomic E-state index is 0.227. The van der Waals surface area contributed by atoms with Crippen molar-refractivity contribution < 1.29 is 5.11 Å². The summed E-state index contributed by atoms with van der Waals surface area (Å²) >= 11 is 0. The molecule has 0 aromatic heterocycles. The zero-order chi connectivity index (χ0) is 13.6. The first-order chi connectivity index (χ1) is 8.49. The van der Waals surface area contributed by atoms with Crippen LogP contribution in [0.3, 0.4) is 0 Å². The molecule has 0 spiro atoms. The minimum Gasteiger partial charge on any atom is -0.396 e. The molecule has 0 atom stereocenters. The first kappa shape index (κ1) is 16.0. The van der Waals surface area contributed by atoms with Crippen LogP contribution in [0.5, 0.6) is 0 Å². The lowest BCUT2D eigenvalue weighted by Gasteiger charge is -2.45. The van der Waals surface area contributed by atoms with E-state index < -0.39 is 0 Å². The topological polar surface area (TPSA) is 32.3 Å². The Morgan fingerprint density at radius 1 is 1.22 bits per heavy atom. The molecular formula is C16H33NO. The second kappa shape index (κ2) is 6.91. The molecule has 1 saturated carbocycles. The van der Waals surface area contributed by atoms with Gasteiger partial charge in [0.1, 0.15) is 0 Å². The number of nitrogens with one attached hydrogen (secondary N) is 1. The molecule has 0 aromatic carbocycles. The summed E-state index contributed by atoms with van der Waals surface area (Å²) in [6, 6.07) is 0. The van der Waals surface area contributed by atoms with Crippen LogP contribution in [0.4, 0.5) is 0 Å². The van der Waals surface area contributed by atoms with Crippen molar-refractivity contribution in [1.82, 2.24) is 5.32 Å². The van der Waals surface area contributed by atoms with Gasteiger partial charge in [-0.25, -0.2) is 0 Å². The summed E-state index contributed by atoms with van der Waals surface area (Å²) in [6.07, 6.45) is 8.48. The standard InChI is InChI=1S/C16H33NO/c1-5-12-17-16(11-13-18)9-7-14(8-10-16)15(3,4)6-2/h14,17-18H,5-13H2,1-4H3. The summed E-state index contributed by atoms with van der Waals surface area (Å²) in [5, 5.41) is 13.0. The Morgan fingerprint density at radius 2 is 1.83 bits per heavy atom. The van der Waals surface area contributed by atoms with Crippen LogP contribution in [0, 0.1) is 11.3 Å². The molecule has 0 aromatic rings. The Labute approximate surface area is 114 Å². The second-order valence-corrected chi connectivity index (χ2v) is 6.80. The van der Waals surface area contributed by atoms with Crippen molar-refractivity contribution in [2.75, 3.05) is 13.2 Å². The quantitative estimate of drug-likeness (QED) is 0.726. The Balaban J connectivity index is 2.57. The zero-order valence-electron chi connectivity index (χ0n) is 12.9. The van der Waals surface area contributed by atoms with Crippen LogP contribution < -0.4 is 5.32 Å². The van der Waals surface area contributed by atoms with Crippen LogP contribution in [-0.4, -0.2) is 23.8 Å². The third-order valence-electron chi connectivity index (χ3n) is 5.30. The molecule has 2 nitrogen and oxygen atoms in total. The fraction of sp³-hybridized carbons (Fsp3) is 1.00. The van der Waals surface area contributed by atoms with E-state index in [1.165, 1.54) is 38.5 Å². The molecule has 0 aliphatic heterocycles. The van der Waals surface area contributed by atoms with Gasteiger partial charge in [0.15, 0.2) is 0 Å². The summed E-state index contributed by atoms with van der Waals surface area (Å²) in [4.78, 5) is 0. The largest absolute Gasteiger partial charge is 0.396 e. The molecule has 1 fully saturated rings. The summed E-state index contributed by atoms with van der Waals surface area (Å²) < 4.78 is 0. The van der Waals surface area contributed by atoms with Gasteiger partial charge in [-0.3, -0.25) is 0 Å². The van der Waals surface area contributed by atoms with Crippen LogP contribution in [0.1, 0.15) is 72.6 Å². The number of aliphatic hydroxyl groups excluding tert-OH is 1. The van der Waals surface area contributed by atoms with E-state index in [0.717, 1.165) is 18.9 Å². The van der Waals surface area contributed by atoms with Crippen molar-refractivity contribution in [2.45, 2.75) is 78.2 Å². The number of rotatable bonds is 7. The predicted molar refractivity (Wildman–Crippen MR) is 78.8 cm³/mol. The van der Waals surface area contributed by atoms with Gasteiger partial charge in [0.2, 0.25) is 0 Å². The molecule has 0 unspecified atom stereocenters. The van der Waals surface area contributed by atoms with Crippen molar-refractivity contribution in [1.29, 1.82) is 0 Å². The van der Waals surface area contributed by atoms with Crippen molar-refractivity contribution in [2.24, 2.45) is 11.3 Å². The number of hydrogen-bond acceptors (Lipinski definition) is 2. The molecule has 2 N–H and O–H groups in total. The molecule has 0 radical (unpaired) electrons. The van der Waals surface area contributed by atoms with Gasteiger partial charge in [-0.15, -0.1) is 0 Å². The lowest BCUT2D eigenvalue weighted by molar-refractivity contribution is 0.0829. The van der Waals surface area contributed by atoms with E-state index >= 15 is 0 Å². The summed E-state index contributed by atoms with van der Waals surface area (Å²) in [6.45, 7) is 10.8. The Kier molecular flexibility index (Phi) is 6.13. The summed E-state index contributed by atoms with van der Waals surface area (Å²) in [5.41, 5.74) is 0.710. The number of aliphatic hydroxyl groups is 1. The van der Waals surface area contributed by atoms with E-state index in [4.69, 9.17) is 0 Å². The van der Waals surface area contributed by atoms with E-state index in [-0.39, 0.29) is 5.54 Å². The first-order valence-corrected chi connectivity index (χ1v) is 7.85. The van der Waals surface area contributed by atoms with E-state index in [2.05, 4.69) is 33.0 Å². The molecule has 18 heavy (non-hydrogen) atoms. The van der Waals surface area contributed by atoms with Crippen molar-refractivity contribution in [3.05, 3.63) is 0 Å². The van der Waals surface area contributed by atoms with E-state index in [9.17, 15) is 5.11 Å². The van der Waals surface area contributed by atoms with Gasteiger partial charge >= 0.3 is 0 Å².